The number of hydrogen-bond donors (Lipinski definition) is 1. The van der Waals surface area contributed by atoms with Gasteiger partial charge in [-0.1, -0.05) is 6.92 Å². The SMILES string of the molecule is CCCc1nsc(-n2cnc(CN)n2)n1. The molecule has 0 amide bonds. The van der Waals surface area contributed by atoms with Crippen molar-refractivity contribution >= 4 is 11.5 Å². The summed E-state index contributed by atoms with van der Waals surface area (Å²) in [6.45, 7) is 2.44. The van der Waals surface area contributed by atoms with Gasteiger partial charge < -0.3 is 5.73 Å². The molecule has 6 nitrogen and oxygen atoms in total. The lowest BCUT2D eigenvalue weighted by Crippen LogP contribution is -2.01. The lowest BCUT2D eigenvalue weighted by molar-refractivity contribution is 0.804. The van der Waals surface area contributed by atoms with Crippen LogP contribution in [0.1, 0.15) is 25.0 Å². The van der Waals surface area contributed by atoms with Gasteiger partial charge in [0.05, 0.1) is 6.54 Å². The number of nitrogens with zero attached hydrogens (tertiary/aromatic N) is 5. The van der Waals surface area contributed by atoms with Crippen LogP contribution in [-0.4, -0.2) is 24.1 Å². The highest BCUT2D eigenvalue weighted by Gasteiger charge is 2.07. The first-order valence-corrected chi connectivity index (χ1v) is 5.54. The molecule has 0 saturated carbocycles. The molecule has 0 unspecified atom stereocenters. The van der Waals surface area contributed by atoms with Gasteiger partial charge in [0.1, 0.15) is 12.2 Å². The molecule has 0 radical (unpaired) electrons. The smallest absolute Gasteiger partial charge is 0.231 e. The van der Waals surface area contributed by atoms with E-state index in [4.69, 9.17) is 5.73 Å². The fraction of sp³-hybridized carbons (Fsp3) is 0.500. The second-order valence-electron chi connectivity index (χ2n) is 3.05. The molecular formula is C8H12N6S. The summed E-state index contributed by atoms with van der Waals surface area (Å²) in [4.78, 5) is 8.38. The molecule has 2 aromatic rings. The van der Waals surface area contributed by atoms with Crippen molar-refractivity contribution in [2.24, 2.45) is 5.73 Å². The van der Waals surface area contributed by atoms with Crippen molar-refractivity contribution in [1.82, 2.24) is 24.1 Å². The van der Waals surface area contributed by atoms with Crippen LogP contribution in [0.25, 0.3) is 5.13 Å². The Hall–Kier alpha value is -1.34. The Kier molecular flexibility index (Phi) is 3.02. The standard InChI is InChI=1S/C8H12N6S/c1-2-3-6-11-8(15-13-6)14-5-10-7(4-9)12-14/h5H,2-4,9H2,1H3. The lowest BCUT2D eigenvalue weighted by Gasteiger charge is -1.90. The fourth-order valence-corrected chi connectivity index (χ4v) is 1.78. The zero-order valence-corrected chi connectivity index (χ0v) is 9.24. The zero-order chi connectivity index (χ0) is 10.7. The van der Waals surface area contributed by atoms with Crippen molar-refractivity contribution in [2.75, 3.05) is 0 Å². The van der Waals surface area contributed by atoms with E-state index in [0.29, 0.717) is 12.4 Å². The Balaban J connectivity index is 2.21. The van der Waals surface area contributed by atoms with Crippen LogP contribution in [-0.2, 0) is 13.0 Å². The highest BCUT2D eigenvalue weighted by molar-refractivity contribution is 7.08. The van der Waals surface area contributed by atoms with Crippen molar-refractivity contribution < 1.29 is 0 Å². The van der Waals surface area contributed by atoms with Crippen molar-refractivity contribution in [3.05, 3.63) is 18.0 Å². The van der Waals surface area contributed by atoms with Gasteiger partial charge >= 0.3 is 0 Å². The average molecular weight is 224 g/mol. The number of rotatable bonds is 4. The molecule has 15 heavy (non-hydrogen) atoms. The topological polar surface area (TPSA) is 82.5 Å². The first kappa shape index (κ1) is 10.2. The minimum Gasteiger partial charge on any atom is -0.324 e. The van der Waals surface area contributed by atoms with Crippen LogP contribution in [0.4, 0.5) is 0 Å². The van der Waals surface area contributed by atoms with E-state index in [1.165, 1.54) is 11.5 Å². The van der Waals surface area contributed by atoms with Crippen molar-refractivity contribution in [3.63, 3.8) is 0 Å². The van der Waals surface area contributed by atoms with E-state index >= 15 is 0 Å². The maximum atomic E-state index is 5.42. The van der Waals surface area contributed by atoms with Crippen LogP contribution in [0.15, 0.2) is 6.33 Å². The molecule has 0 saturated heterocycles. The van der Waals surface area contributed by atoms with E-state index in [2.05, 4.69) is 26.4 Å². The number of aromatic nitrogens is 5. The van der Waals surface area contributed by atoms with Crippen LogP contribution in [0.2, 0.25) is 0 Å². The highest BCUT2D eigenvalue weighted by atomic mass is 32.1. The maximum Gasteiger partial charge on any atom is 0.231 e. The summed E-state index contributed by atoms with van der Waals surface area (Å²) < 4.78 is 5.84. The summed E-state index contributed by atoms with van der Waals surface area (Å²) in [5.74, 6) is 1.48. The Morgan fingerprint density at radius 2 is 2.33 bits per heavy atom. The summed E-state index contributed by atoms with van der Waals surface area (Å²) in [6.07, 6.45) is 3.55. The predicted octanol–water partition coefficient (Wildman–Crippen LogP) is 0.530. The predicted molar refractivity (Wildman–Crippen MR) is 56.7 cm³/mol. The molecule has 0 atom stereocenters. The van der Waals surface area contributed by atoms with E-state index in [0.717, 1.165) is 23.8 Å². The van der Waals surface area contributed by atoms with Crippen molar-refractivity contribution in [2.45, 2.75) is 26.3 Å². The van der Waals surface area contributed by atoms with Crippen molar-refractivity contribution in [1.29, 1.82) is 0 Å². The minimum atomic E-state index is 0.341. The third-order valence-corrected chi connectivity index (χ3v) is 2.59. The highest BCUT2D eigenvalue weighted by Crippen LogP contribution is 2.10. The van der Waals surface area contributed by atoms with Gasteiger partial charge in [-0.25, -0.2) is 9.97 Å². The third kappa shape index (κ3) is 2.18. The van der Waals surface area contributed by atoms with Gasteiger partial charge in [-0.3, -0.25) is 0 Å². The molecule has 0 aliphatic carbocycles. The van der Waals surface area contributed by atoms with E-state index < -0.39 is 0 Å². The van der Waals surface area contributed by atoms with Crippen LogP contribution in [0.5, 0.6) is 0 Å². The molecule has 2 aromatic heterocycles. The quantitative estimate of drug-likeness (QED) is 0.819. The van der Waals surface area contributed by atoms with Crippen molar-refractivity contribution in [3.8, 4) is 5.13 Å². The van der Waals surface area contributed by atoms with Crippen LogP contribution >= 0.6 is 11.5 Å². The Labute approximate surface area is 91.3 Å². The largest absolute Gasteiger partial charge is 0.324 e. The molecule has 2 rings (SSSR count). The Morgan fingerprint density at radius 3 is 3.00 bits per heavy atom. The van der Waals surface area contributed by atoms with Gasteiger partial charge in [0.2, 0.25) is 5.13 Å². The fourth-order valence-electron chi connectivity index (χ4n) is 1.15. The number of aryl methyl sites for hydroxylation is 1. The molecule has 0 fully saturated rings. The molecule has 0 aromatic carbocycles. The molecule has 0 aliphatic rings. The van der Waals surface area contributed by atoms with Gasteiger partial charge in [-0.05, 0) is 6.42 Å². The molecule has 2 N–H and O–H groups in total. The summed E-state index contributed by atoms with van der Waals surface area (Å²) in [7, 11) is 0. The second-order valence-corrected chi connectivity index (χ2v) is 3.78. The molecule has 7 heteroatoms. The average Bonchev–Trinajstić information content (AvgIpc) is 2.85. The second kappa shape index (κ2) is 4.45. The Morgan fingerprint density at radius 1 is 1.47 bits per heavy atom. The molecule has 0 aliphatic heterocycles. The molecule has 2 heterocycles. The number of hydrogen-bond acceptors (Lipinski definition) is 6. The molecular weight excluding hydrogens is 212 g/mol. The van der Waals surface area contributed by atoms with Crippen LogP contribution in [0.3, 0.4) is 0 Å². The first-order chi connectivity index (χ1) is 7.33. The first-order valence-electron chi connectivity index (χ1n) is 4.77. The van der Waals surface area contributed by atoms with E-state index in [9.17, 15) is 0 Å². The Bertz CT molecular complexity index is 434. The van der Waals surface area contributed by atoms with Gasteiger partial charge in [-0.2, -0.15) is 9.06 Å². The monoisotopic (exact) mass is 224 g/mol. The van der Waals surface area contributed by atoms with Gasteiger partial charge in [-0.15, -0.1) is 5.10 Å². The van der Waals surface area contributed by atoms with Gasteiger partial charge in [0.25, 0.3) is 0 Å². The van der Waals surface area contributed by atoms with E-state index in [-0.39, 0.29) is 0 Å². The molecule has 0 spiro atoms. The molecule has 80 valence electrons. The molecule has 0 bridgehead atoms. The van der Waals surface area contributed by atoms with Gasteiger partial charge in [0.15, 0.2) is 5.82 Å². The number of nitrogens with two attached hydrogens (primary N) is 1. The van der Waals surface area contributed by atoms with E-state index in [1.807, 2.05) is 0 Å². The maximum absolute atomic E-state index is 5.42. The third-order valence-electron chi connectivity index (χ3n) is 1.85. The summed E-state index contributed by atoms with van der Waals surface area (Å²) >= 11 is 1.32. The summed E-state index contributed by atoms with van der Waals surface area (Å²) in [6, 6.07) is 0. The van der Waals surface area contributed by atoms with E-state index in [1.54, 1.807) is 11.0 Å². The summed E-state index contributed by atoms with van der Waals surface area (Å²) in [5, 5.41) is 4.90. The van der Waals surface area contributed by atoms with Gasteiger partial charge in [0, 0.05) is 18.0 Å². The normalized spacial score (nSPS) is 10.8. The lowest BCUT2D eigenvalue weighted by atomic mass is 10.3. The minimum absolute atomic E-state index is 0.341. The van der Waals surface area contributed by atoms with Crippen LogP contribution < -0.4 is 5.73 Å². The zero-order valence-electron chi connectivity index (χ0n) is 8.42. The van der Waals surface area contributed by atoms with Crippen LogP contribution in [0, 0.1) is 0 Å². The summed E-state index contributed by atoms with van der Waals surface area (Å²) in [5.41, 5.74) is 5.42.